The van der Waals surface area contributed by atoms with E-state index in [1.54, 1.807) is 48.5 Å². The van der Waals surface area contributed by atoms with Crippen LogP contribution in [0.4, 0.5) is 11.4 Å². The fourth-order valence-electron chi connectivity index (χ4n) is 3.64. The Morgan fingerprint density at radius 1 is 1.03 bits per heavy atom. The molecule has 0 aliphatic carbocycles. The van der Waals surface area contributed by atoms with Gasteiger partial charge in [0.2, 0.25) is 0 Å². The number of aryl methyl sites for hydroxylation is 1. The van der Waals surface area contributed by atoms with E-state index in [4.69, 9.17) is 21.1 Å². The number of nitrogens with one attached hydrogen (secondary N) is 1. The van der Waals surface area contributed by atoms with E-state index in [9.17, 15) is 13.2 Å². The summed E-state index contributed by atoms with van der Waals surface area (Å²) in [7, 11) is -2.19. The van der Waals surface area contributed by atoms with Crippen molar-refractivity contribution >= 4 is 38.9 Å². The topological polar surface area (TPSA) is 84.9 Å². The highest BCUT2D eigenvalue weighted by molar-refractivity contribution is 7.92. The van der Waals surface area contributed by atoms with Gasteiger partial charge < -0.3 is 14.8 Å². The molecule has 9 heteroatoms. The third-order valence-corrected chi connectivity index (χ3v) is 7.35. The summed E-state index contributed by atoms with van der Waals surface area (Å²) in [4.78, 5) is 12.5. The van der Waals surface area contributed by atoms with Crippen molar-refractivity contribution in [1.82, 2.24) is 0 Å². The van der Waals surface area contributed by atoms with Crippen LogP contribution in [0.3, 0.4) is 0 Å². The van der Waals surface area contributed by atoms with Gasteiger partial charge in [0.05, 0.1) is 17.7 Å². The highest BCUT2D eigenvalue weighted by Crippen LogP contribution is 2.34. The lowest BCUT2D eigenvalue weighted by atomic mass is 10.0. The Balaban J connectivity index is 1.47. The number of anilines is 2. The van der Waals surface area contributed by atoms with Gasteiger partial charge in [0.15, 0.2) is 6.61 Å². The van der Waals surface area contributed by atoms with E-state index >= 15 is 0 Å². The third-order valence-electron chi connectivity index (χ3n) is 5.27. The second-order valence-corrected chi connectivity index (χ2v) is 9.79. The molecule has 0 bridgehead atoms. The van der Waals surface area contributed by atoms with Crippen molar-refractivity contribution in [3.05, 3.63) is 77.3 Å². The Bertz CT molecular complexity index is 1240. The Morgan fingerprint density at radius 3 is 2.42 bits per heavy atom. The predicted octanol–water partition coefficient (Wildman–Crippen LogP) is 4.51. The first-order valence-electron chi connectivity index (χ1n) is 10.3. The number of fused-ring (bicyclic) bond motifs is 1. The molecule has 33 heavy (non-hydrogen) atoms. The number of carbonyl (C=O) groups excluding carboxylic acids is 1. The summed E-state index contributed by atoms with van der Waals surface area (Å²) >= 11 is 5.84. The molecular weight excluding hydrogens is 464 g/mol. The van der Waals surface area contributed by atoms with Gasteiger partial charge in [-0.15, -0.1) is 0 Å². The van der Waals surface area contributed by atoms with Crippen molar-refractivity contribution in [2.24, 2.45) is 0 Å². The highest BCUT2D eigenvalue weighted by atomic mass is 35.5. The lowest BCUT2D eigenvalue weighted by Crippen LogP contribution is -2.35. The molecule has 0 spiro atoms. The van der Waals surface area contributed by atoms with Crippen molar-refractivity contribution in [2.45, 2.75) is 17.7 Å². The van der Waals surface area contributed by atoms with Gasteiger partial charge in [0, 0.05) is 17.3 Å². The van der Waals surface area contributed by atoms with E-state index in [-0.39, 0.29) is 17.4 Å². The number of benzene rings is 3. The van der Waals surface area contributed by atoms with Crippen molar-refractivity contribution in [2.75, 3.05) is 29.9 Å². The fraction of sp³-hybridized carbons (Fsp3) is 0.208. The van der Waals surface area contributed by atoms with Gasteiger partial charge in [-0.2, -0.15) is 0 Å². The maximum Gasteiger partial charge on any atom is 0.264 e. The maximum atomic E-state index is 13.2. The van der Waals surface area contributed by atoms with Gasteiger partial charge in [-0.25, -0.2) is 8.42 Å². The molecule has 7 nitrogen and oxygen atoms in total. The normalized spacial score (nSPS) is 13.2. The highest BCUT2D eigenvalue weighted by Gasteiger charge is 2.29. The minimum atomic E-state index is -3.72. The van der Waals surface area contributed by atoms with Crippen LogP contribution < -0.4 is 19.1 Å². The molecule has 172 valence electrons. The van der Waals surface area contributed by atoms with Crippen LogP contribution in [0, 0.1) is 0 Å². The minimum Gasteiger partial charge on any atom is -0.497 e. The minimum absolute atomic E-state index is 0.156. The molecule has 0 fully saturated rings. The first kappa shape index (κ1) is 22.9. The molecule has 4 rings (SSSR count). The smallest absolute Gasteiger partial charge is 0.264 e. The van der Waals surface area contributed by atoms with Gasteiger partial charge in [0.25, 0.3) is 15.9 Å². The Kier molecular flexibility index (Phi) is 6.76. The number of rotatable bonds is 7. The summed E-state index contributed by atoms with van der Waals surface area (Å²) in [6, 6.07) is 18.3. The van der Waals surface area contributed by atoms with Crippen molar-refractivity contribution in [3.8, 4) is 11.5 Å². The number of sulfonamides is 1. The van der Waals surface area contributed by atoms with Crippen molar-refractivity contribution in [3.63, 3.8) is 0 Å². The van der Waals surface area contributed by atoms with Gasteiger partial charge in [-0.1, -0.05) is 11.6 Å². The predicted molar refractivity (Wildman–Crippen MR) is 128 cm³/mol. The first-order valence-corrected chi connectivity index (χ1v) is 12.2. The summed E-state index contributed by atoms with van der Waals surface area (Å²) in [5.74, 6) is 0.816. The van der Waals surface area contributed by atoms with E-state index in [1.807, 2.05) is 6.07 Å². The number of carbonyl (C=O) groups is 1. The van der Waals surface area contributed by atoms with Crippen LogP contribution in [0.5, 0.6) is 11.5 Å². The quantitative estimate of drug-likeness (QED) is 0.531. The van der Waals surface area contributed by atoms with E-state index in [0.29, 0.717) is 40.9 Å². The summed E-state index contributed by atoms with van der Waals surface area (Å²) in [6.45, 7) is 0.235. The molecule has 0 saturated heterocycles. The SMILES string of the molecule is COc1ccc(S(=O)(=O)N2CCCc3cc(NC(=O)COc4ccc(Cl)cc4)ccc32)cc1. The molecule has 3 aromatic carbocycles. The van der Waals surface area contributed by atoms with Crippen LogP contribution in [0.15, 0.2) is 71.6 Å². The number of hydrogen-bond donors (Lipinski definition) is 1. The monoisotopic (exact) mass is 486 g/mol. The largest absolute Gasteiger partial charge is 0.497 e. The summed E-state index contributed by atoms with van der Waals surface area (Å²) in [6.07, 6.45) is 1.40. The van der Waals surface area contributed by atoms with Gasteiger partial charge >= 0.3 is 0 Å². The molecule has 1 aliphatic heterocycles. The standard InChI is InChI=1S/C24H23ClN2O5S/c1-31-20-9-11-22(12-10-20)33(29,30)27-14-2-3-17-15-19(6-13-23(17)27)26-24(28)16-32-21-7-4-18(25)5-8-21/h4-13,15H,2-3,14,16H2,1H3,(H,26,28). The zero-order valence-electron chi connectivity index (χ0n) is 18.0. The molecule has 0 radical (unpaired) electrons. The third kappa shape index (κ3) is 5.23. The van der Waals surface area contributed by atoms with Crippen LogP contribution in [0.25, 0.3) is 0 Å². The van der Waals surface area contributed by atoms with E-state index in [0.717, 1.165) is 12.0 Å². The fourth-order valence-corrected chi connectivity index (χ4v) is 5.31. The van der Waals surface area contributed by atoms with Crippen LogP contribution in [-0.2, 0) is 21.2 Å². The molecule has 0 aromatic heterocycles. The molecule has 1 heterocycles. The summed E-state index contributed by atoms with van der Waals surface area (Å²) in [5, 5.41) is 3.39. The number of hydrogen-bond acceptors (Lipinski definition) is 5. The van der Waals surface area contributed by atoms with Crippen molar-refractivity contribution < 1.29 is 22.7 Å². The molecule has 1 aliphatic rings. The maximum absolute atomic E-state index is 13.2. The lowest BCUT2D eigenvalue weighted by Gasteiger charge is -2.31. The molecule has 0 saturated carbocycles. The van der Waals surface area contributed by atoms with E-state index in [1.165, 1.54) is 23.5 Å². The molecule has 0 unspecified atom stereocenters. The number of ether oxygens (including phenoxy) is 2. The Hall–Kier alpha value is -3.23. The molecule has 3 aromatic rings. The second-order valence-electron chi connectivity index (χ2n) is 7.49. The number of nitrogens with zero attached hydrogens (tertiary/aromatic N) is 1. The molecular formula is C24H23ClN2O5S. The average Bonchev–Trinajstić information content (AvgIpc) is 2.83. The number of amides is 1. The number of methoxy groups -OCH3 is 1. The lowest BCUT2D eigenvalue weighted by molar-refractivity contribution is -0.118. The van der Waals surface area contributed by atoms with Gasteiger partial charge in [-0.05, 0) is 85.1 Å². The second kappa shape index (κ2) is 9.72. The molecule has 0 atom stereocenters. The first-order chi connectivity index (χ1) is 15.9. The Morgan fingerprint density at radius 2 is 1.73 bits per heavy atom. The Labute approximate surface area is 197 Å². The zero-order chi connectivity index (χ0) is 23.4. The zero-order valence-corrected chi connectivity index (χ0v) is 19.5. The molecule has 1 N–H and O–H groups in total. The van der Waals surface area contributed by atoms with Crippen LogP contribution in [0.2, 0.25) is 5.02 Å². The average molecular weight is 487 g/mol. The van der Waals surface area contributed by atoms with E-state index < -0.39 is 10.0 Å². The summed E-state index contributed by atoms with van der Waals surface area (Å²) in [5.41, 5.74) is 2.06. The van der Waals surface area contributed by atoms with E-state index in [2.05, 4.69) is 5.32 Å². The van der Waals surface area contributed by atoms with Crippen LogP contribution >= 0.6 is 11.6 Å². The van der Waals surface area contributed by atoms with Gasteiger partial charge in [0.1, 0.15) is 11.5 Å². The van der Waals surface area contributed by atoms with Crippen LogP contribution in [-0.4, -0.2) is 34.6 Å². The molecule has 1 amide bonds. The number of halogens is 1. The van der Waals surface area contributed by atoms with Crippen molar-refractivity contribution in [1.29, 1.82) is 0 Å². The van der Waals surface area contributed by atoms with Crippen LogP contribution in [0.1, 0.15) is 12.0 Å². The van der Waals surface area contributed by atoms with Gasteiger partial charge in [-0.3, -0.25) is 9.10 Å². The summed E-state index contributed by atoms with van der Waals surface area (Å²) < 4.78 is 38.5.